The Morgan fingerprint density at radius 1 is 0.968 bits per heavy atom. The van der Waals surface area contributed by atoms with E-state index in [9.17, 15) is 14.0 Å². The fourth-order valence-corrected chi connectivity index (χ4v) is 3.50. The van der Waals surface area contributed by atoms with Gasteiger partial charge >= 0.3 is 0 Å². The van der Waals surface area contributed by atoms with Gasteiger partial charge in [-0.2, -0.15) is 0 Å². The summed E-state index contributed by atoms with van der Waals surface area (Å²) < 4.78 is 19.3. The second-order valence-corrected chi connectivity index (χ2v) is 7.67. The fraction of sp³-hybridized carbons (Fsp3) is 0.0909. The average Bonchev–Trinajstić information content (AvgIpc) is 2.71. The molecule has 3 aromatic rings. The zero-order valence-corrected chi connectivity index (χ0v) is 18.4. The van der Waals surface area contributed by atoms with Gasteiger partial charge in [-0.25, -0.2) is 4.39 Å². The number of carbonyl (C=O) groups excluding carboxylic acids is 2. The predicted molar refractivity (Wildman–Crippen MR) is 121 cm³/mol. The Labute approximate surface area is 193 Å². The van der Waals surface area contributed by atoms with Gasteiger partial charge in [-0.15, -0.1) is 0 Å². The summed E-state index contributed by atoms with van der Waals surface area (Å²) in [5.41, 5.74) is 0.953. The number of ether oxygens (including phenoxy) is 1. The molecule has 0 bridgehead atoms. The number of nitrogens with one attached hydrogen (secondary N) is 2. The molecule has 3 aromatic carbocycles. The van der Waals surface area contributed by atoms with Crippen LogP contribution in [0.3, 0.4) is 0 Å². The van der Waals surface area contributed by atoms with Gasteiger partial charge < -0.3 is 15.4 Å². The summed E-state index contributed by atoms with van der Waals surface area (Å²) >= 11 is 18.0. The number of rotatable bonds is 6. The number of carbonyl (C=O) groups is 2. The highest BCUT2D eigenvalue weighted by molar-refractivity contribution is 6.36. The number of anilines is 2. The number of benzene rings is 3. The van der Waals surface area contributed by atoms with Crippen molar-refractivity contribution >= 4 is 58.0 Å². The topological polar surface area (TPSA) is 67.4 Å². The van der Waals surface area contributed by atoms with Gasteiger partial charge in [0.2, 0.25) is 5.91 Å². The molecule has 5 nitrogen and oxygen atoms in total. The van der Waals surface area contributed by atoms with E-state index < -0.39 is 11.7 Å². The zero-order valence-electron chi connectivity index (χ0n) is 16.1. The summed E-state index contributed by atoms with van der Waals surface area (Å²) in [4.78, 5) is 25.0. The van der Waals surface area contributed by atoms with Gasteiger partial charge in [0.25, 0.3) is 5.91 Å². The summed E-state index contributed by atoms with van der Waals surface area (Å²) in [6.07, 6.45) is -0.0395. The van der Waals surface area contributed by atoms with Crippen LogP contribution >= 0.6 is 34.8 Å². The van der Waals surface area contributed by atoms with Crippen LogP contribution in [0.2, 0.25) is 15.1 Å². The number of hydrogen-bond acceptors (Lipinski definition) is 3. The molecule has 0 radical (unpaired) electrons. The summed E-state index contributed by atoms with van der Waals surface area (Å²) in [7, 11) is 1.42. The van der Waals surface area contributed by atoms with Crippen molar-refractivity contribution in [2.75, 3.05) is 17.7 Å². The number of halogens is 4. The van der Waals surface area contributed by atoms with Crippen LogP contribution in [0.5, 0.6) is 5.75 Å². The Kier molecular flexibility index (Phi) is 7.38. The Morgan fingerprint density at radius 2 is 1.68 bits per heavy atom. The second-order valence-electron chi connectivity index (χ2n) is 6.42. The first-order valence-electron chi connectivity index (χ1n) is 8.95. The molecule has 2 N–H and O–H groups in total. The molecule has 160 valence electrons. The maximum absolute atomic E-state index is 14.1. The largest absolute Gasteiger partial charge is 0.495 e. The smallest absolute Gasteiger partial charge is 0.258 e. The average molecular weight is 482 g/mol. The Balaban J connectivity index is 1.78. The van der Waals surface area contributed by atoms with E-state index in [-0.39, 0.29) is 28.6 Å². The van der Waals surface area contributed by atoms with Gasteiger partial charge in [-0.3, -0.25) is 9.59 Å². The first-order chi connectivity index (χ1) is 14.8. The Hall–Kier alpha value is -2.80. The molecule has 0 aliphatic carbocycles. The van der Waals surface area contributed by atoms with E-state index in [1.54, 1.807) is 30.3 Å². The Bertz CT molecular complexity index is 1130. The summed E-state index contributed by atoms with van der Waals surface area (Å²) in [5, 5.41) is 6.24. The lowest BCUT2D eigenvalue weighted by atomic mass is 10.1. The van der Waals surface area contributed by atoms with E-state index in [2.05, 4.69) is 10.6 Å². The molecule has 0 fully saturated rings. The molecule has 3 rings (SSSR count). The molecule has 9 heteroatoms. The molecule has 0 aromatic heterocycles. The molecule has 0 saturated heterocycles. The van der Waals surface area contributed by atoms with Gasteiger partial charge in [0.05, 0.1) is 24.8 Å². The molecule has 0 aliphatic rings. The molecule has 31 heavy (non-hydrogen) atoms. The van der Waals surface area contributed by atoms with Crippen molar-refractivity contribution in [1.29, 1.82) is 0 Å². The van der Waals surface area contributed by atoms with E-state index in [1.807, 2.05) is 0 Å². The third kappa shape index (κ3) is 5.67. The van der Waals surface area contributed by atoms with Crippen LogP contribution in [-0.2, 0) is 11.2 Å². The standard InChI is InChI=1S/C22H16Cl3FN2O3/c1-31-20-8-6-13(27-21(29)11-15-16(24)3-2-4-17(15)25)10-19(20)28-22(30)14-7-5-12(23)9-18(14)26/h2-10H,11H2,1H3,(H,27,29)(H,28,30). The predicted octanol–water partition coefficient (Wildman–Crippen LogP) is 6.23. The van der Waals surface area contributed by atoms with Crippen LogP contribution in [0.1, 0.15) is 15.9 Å². The summed E-state index contributed by atoms with van der Waals surface area (Å²) in [6, 6.07) is 13.4. The first-order valence-corrected chi connectivity index (χ1v) is 10.1. The van der Waals surface area contributed by atoms with Crippen LogP contribution in [0.25, 0.3) is 0 Å². The monoisotopic (exact) mass is 480 g/mol. The maximum Gasteiger partial charge on any atom is 0.258 e. The Morgan fingerprint density at radius 3 is 2.32 bits per heavy atom. The van der Waals surface area contributed by atoms with Crippen molar-refractivity contribution in [2.45, 2.75) is 6.42 Å². The van der Waals surface area contributed by atoms with Gasteiger partial charge in [0.15, 0.2) is 0 Å². The number of methoxy groups -OCH3 is 1. The van der Waals surface area contributed by atoms with Crippen molar-refractivity contribution in [3.63, 3.8) is 0 Å². The highest BCUT2D eigenvalue weighted by Crippen LogP contribution is 2.30. The molecule has 0 heterocycles. The van der Waals surface area contributed by atoms with Gasteiger partial charge in [0, 0.05) is 20.8 Å². The molecule has 0 saturated carbocycles. The minimum Gasteiger partial charge on any atom is -0.495 e. The number of amides is 2. The van der Waals surface area contributed by atoms with Crippen molar-refractivity contribution in [1.82, 2.24) is 0 Å². The minimum atomic E-state index is -0.759. The lowest BCUT2D eigenvalue weighted by Gasteiger charge is -2.14. The SMILES string of the molecule is COc1ccc(NC(=O)Cc2c(Cl)cccc2Cl)cc1NC(=O)c1ccc(Cl)cc1F. The molecular formula is C22H16Cl3FN2O3. The third-order valence-corrected chi connectivity index (χ3v) is 5.25. The van der Waals surface area contributed by atoms with Crippen molar-refractivity contribution in [3.05, 3.63) is 86.6 Å². The van der Waals surface area contributed by atoms with Crippen molar-refractivity contribution < 1.29 is 18.7 Å². The van der Waals surface area contributed by atoms with E-state index in [4.69, 9.17) is 39.5 Å². The molecule has 0 spiro atoms. The van der Waals surface area contributed by atoms with Crippen LogP contribution in [0, 0.1) is 5.82 Å². The summed E-state index contributed by atoms with van der Waals surface area (Å²) in [6.45, 7) is 0. The second kappa shape index (κ2) is 10.0. The van der Waals surface area contributed by atoms with Crippen molar-refractivity contribution in [3.8, 4) is 5.75 Å². The highest BCUT2D eigenvalue weighted by atomic mass is 35.5. The first kappa shape index (κ1) is 22.9. The van der Waals surface area contributed by atoms with Crippen molar-refractivity contribution in [2.24, 2.45) is 0 Å². The van der Waals surface area contributed by atoms with Crippen LogP contribution < -0.4 is 15.4 Å². The number of hydrogen-bond donors (Lipinski definition) is 2. The zero-order chi connectivity index (χ0) is 22.5. The van der Waals surface area contributed by atoms with Crippen LogP contribution in [0.4, 0.5) is 15.8 Å². The lowest BCUT2D eigenvalue weighted by Crippen LogP contribution is -2.17. The molecule has 2 amide bonds. The van der Waals surface area contributed by atoms with Gasteiger partial charge in [-0.05, 0) is 54.1 Å². The minimum absolute atomic E-state index is 0.0395. The quantitative estimate of drug-likeness (QED) is 0.439. The molecular weight excluding hydrogens is 466 g/mol. The molecule has 0 unspecified atom stereocenters. The van der Waals surface area contributed by atoms with E-state index in [0.29, 0.717) is 27.0 Å². The summed E-state index contributed by atoms with van der Waals surface area (Å²) in [5.74, 6) is -1.49. The lowest BCUT2D eigenvalue weighted by molar-refractivity contribution is -0.115. The fourth-order valence-electron chi connectivity index (χ4n) is 2.81. The van der Waals surface area contributed by atoms with E-state index in [1.165, 1.54) is 25.3 Å². The normalized spacial score (nSPS) is 10.5. The molecule has 0 atom stereocenters. The van der Waals surface area contributed by atoms with Gasteiger partial charge in [0.1, 0.15) is 11.6 Å². The molecule has 0 aliphatic heterocycles. The van der Waals surface area contributed by atoms with Gasteiger partial charge in [-0.1, -0.05) is 40.9 Å². The third-order valence-electron chi connectivity index (χ3n) is 4.31. The van der Waals surface area contributed by atoms with Crippen LogP contribution in [0.15, 0.2) is 54.6 Å². The van der Waals surface area contributed by atoms with E-state index in [0.717, 1.165) is 6.07 Å². The highest BCUT2D eigenvalue weighted by Gasteiger charge is 2.16. The van der Waals surface area contributed by atoms with Crippen LogP contribution in [-0.4, -0.2) is 18.9 Å². The maximum atomic E-state index is 14.1. The van der Waals surface area contributed by atoms with E-state index >= 15 is 0 Å².